The van der Waals surface area contributed by atoms with Crippen LogP contribution in [-0.4, -0.2) is 5.91 Å². The van der Waals surface area contributed by atoms with E-state index in [1.807, 2.05) is 41.3 Å². The molecule has 2 nitrogen and oxygen atoms in total. The van der Waals surface area contributed by atoms with Crippen molar-refractivity contribution in [3.8, 4) is 0 Å². The van der Waals surface area contributed by atoms with E-state index in [2.05, 4.69) is 97.1 Å². The summed E-state index contributed by atoms with van der Waals surface area (Å²) in [5.41, 5.74) is 5.80. The third-order valence-corrected chi connectivity index (χ3v) is 7.85. The highest BCUT2D eigenvalue weighted by Gasteiger charge is 2.65. The van der Waals surface area contributed by atoms with Gasteiger partial charge in [-0.1, -0.05) is 115 Å². The molecule has 1 heterocycles. The molecule has 0 fully saturated rings. The molecule has 0 saturated carbocycles. The van der Waals surface area contributed by atoms with Gasteiger partial charge in [0.2, 0.25) is 0 Å². The minimum atomic E-state index is -0.671. The van der Waals surface area contributed by atoms with Gasteiger partial charge in [-0.15, -0.1) is 0 Å². The number of carbonyl (C=O) groups excluding carboxylic acids is 1. The van der Waals surface area contributed by atoms with Gasteiger partial charge in [0, 0.05) is 17.7 Å². The van der Waals surface area contributed by atoms with Crippen LogP contribution in [0.25, 0.3) is 0 Å². The van der Waals surface area contributed by atoms with Gasteiger partial charge in [-0.2, -0.15) is 0 Å². The molecule has 162 valence electrons. The third-order valence-electron chi connectivity index (χ3n) is 7.85. The molecule has 0 N–H and O–H groups in total. The molecule has 34 heavy (non-hydrogen) atoms. The summed E-state index contributed by atoms with van der Waals surface area (Å²) in [5, 5.41) is 0. The monoisotopic (exact) mass is 437 g/mol. The molecule has 8 rings (SSSR count). The molecular formula is C32H23NO. The van der Waals surface area contributed by atoms with Crippen molar-refractivity contribution in [3.63, 3.8) is 0 Å². The second-order valence-electron chi connectivity index (χ2n) is 9.30. The van der Waals surface area contributed by atoms with Crippen molar-refractivity contribution in [2.45, 2.75) is 16.9 Å². The highest BCUT2D eigenvalue weighted by atomic mass is 16.2. The molecule has 0 radical (unpaired) electrons. The number of rotatable bonds is 3. The van der Waals surface area contributed by atoms with E-state index in [1.54, 1.807) is 0 Å². The van der Waals surface area contributed by atoms with E-state index in [0.717, 1.165) is 11.3 Å². The van der Waals surface area contributed by atoms with Gasteiger partial charge < -0.3 is 0 Å². The Morgan fingerprint density at radius 1 is 0.647 bits per heavy atom. The van der Waals surface area contributed by atoms with Crippen LogP contribution in [-0.2, 0) is 15.7 Å². The van der Waals surface area contributed by atoms with Gasteiger partial charge in [-0.25, -0.2) is 0 Å². The molecule has 1 spiro atoms. The average Bonchev–Trinajstić information content (AvgIpc) is 3.22. The molecule has 3 aliphatic carbocycles. The third kappa shape index (κ3) is 2.23. The number of anilines is 1. The van der Waals surface area contributed by atoms with Crippen LogP contribution >= 0.6 is 0 Å². The quantitative estimate of drug-likeness (QED) is 0.335. The van der Waals surface area contributed by atoms with E-state index in [-0.39, 0.29) is 11.8 Å². The lowest BCUT2D eigenvalue weighted by molar-refractivity contribution is -0.114. The van der Waals surface area contributed by atoms with E-state index >= 15 is 0 Å². The topological polar surface area (TPSA) is 20.3 Å². The van der Waals surface area contributed by atoms with Gasteiger partial charge in [-0.3, -0.25) is 9.69 Å². The first-order chi connectivity index (χ1) is 16.8. The van der Waals surface area contributed by atoms with Crippen molar-refractivity contribution in [2.75, 3.05) is 4.90 Å². The summed E-state index contributed by atoms with van der Waals surface area (Å²) in [7, 11) is 0. The maximum absolute atomic E-state index is 13.9. The molecular weight excluding hydrogens is 414 g/mol. The Kier molecular flexibility index (Phi) is 3.93. The fourth-order valence-corrected chi connectivity index (χ4v) is 6.67. The Bertz CT molecular complexity index is 1430. The van der Waals surface area contributed by atoms with Crippen LogP contribution in [0.5, 0.6) is 0 Å². The molecule has 4 aliphatic rings. The van der Waals surface area contributed by atoms with Crippen LogP contribution in [0.1, 0.15) is 28.2 Å². The Labute approximate surface area is 199 Å². The number of carbonyl (C=O) groups is 1. The Hall–Kier alpha value is -4.17. The summed E-state index contributed by atoms with van der Waals surface area (Å²) in [5.74, 6) is 0.115. The predicted octanol–water partition coefficient (Wildman–Crippen LogP) is 6.51. The number of benzene rings is 4. The second-order valence-corrected chi connectivity index (χ2v) is 9.30. The summed E-state index contributed by atoms with van der Waals surface area (Å²) >= 11 is 0. The van der Waals surface area contributed by atoms with Crippen LogP contribution in [0.2, 0.25) is 0 Å². The van der Waals surface area contributed by atoms with Gasteiger partial charge in [-0.05, 0) is 40.0 Å². The van der Waals surface area contributed by atoms with Crippen LogP contribution in [0.3, 0.4) is 0 Å². The lowest BCUT2D eigenvalue weighted by atomic mass is 9.47. The maximum Gasteiger partial charge on any atom is 0.252 e. The molecule has 4 aromatic rings. The van der Waals surface area contributed by atoms with Crippen molar-refractivity contribution < 1.29 is 4.79 Å². The smallest absolute Gasteiger partial charge is 0.252 e. The van der Waals surface area contributed by atoms with Crippen molar-refractivity contribution in [3.05, 3.63) is 161 Å². The fourth-order valence-electron chi connectivity index (χ4n) is 6.67. The Morgan fingerprint density at radius 2 is 1.21 bits per heavy atom. The van der Waals surface area contributed by atoms with E-state index in [1.165, 1.54) is 22.3 Å². The summed E-state index contributed by atoms with van der Waals surface area (Å²) in [6, 6.07) is 40.2. The highest BCUT2D eigenvalue weighted by Crippen LogP contribution is 2.67. The minimum Gasteiger partial charge on any atom is -0.291 e. The zero-order valence-electron chi connectivity index (χ0n) is 18.6. The lowest BCUT2D eigenvalue weighted by Crippen LogP contribution is -2.57. The number of hydrogen-bond donors (Lipinski definition) is 0. The first-order valence-electron chi connectivity index (χ1n) is 11.8. The molecule has 1 amide bonds. The average molecular weight is 438 g/mol. The summed E-state index contributed by atoms with van der Waals surface area (Å²) in [6.45, 7) is 0. The molecule has 0 aromatic heterocycles. The van der Waals surface area contributed by atoms with Gasteiger partial charge in [0.1, 0.15) is 5.54 Å². The zero-order valence-corrected chi connectivity index (χ0v) is 18.6. The van der Waals surface area contributed by atoms with Crippen LogP contribution in [0, 0.1) is 0 Å². The normalized spacial score (nSPS) is 23.4. The number of nitrogens with zero attached hydrogens (tertiary/aromatic N) is 1. The molecule has 1 aliphatic heterocycles. The Morgan fingerprint density at radius 3 is 1.85 bits per heavy atom. The van der Waals surface area contributed by atoms with Gasteiger partial charge in [0.15, 0.2) is 0 Å². The SMILES string of the molecule is O=C1C=C2C(c3ccccc3)(c3ccccc3)C3C=CC2(c2ccccc23)N1c1ccccc1. The molecule has 0 saturated heterocycles. The van der Waals surface area contributed by atoms with Crippen LogP contribution in [0.4, 0.5) is 5.69 Å². The lowest BCUT2D eigenvalue weighted by Gasteiger charge is -2.58. The summed E-state index contributed by atoms with van der Waals surface area (Å²) < 4.78 is 0. The second kappa shape index (κ2) is 6.91. The largest absolute Gasteiger partial charge is 0.291 e. The molecule has 2 unspecified atom stereocenters. The van der Waals surface area contributed by atoms with E-state index in [0.29, 0.717) is 0 Å². The number of para-hydroxylation sites is 1. The summed E-state index contributed by atoms with van der Waals surface area (Å²) in [6.07, 6.45) is 6.53. The zero-order chi connectivity index (χ0) is 22.8. The number of hydrogen-bond acceptors (Lipinski definition) is 1. The Balaban J connectivity index is 1.63. The highest BCUT2D eigenvalue weighted by molar-refractivity contribution is 6.09. The minimum absolute atomic E-state index is 0.0273. The standard InChI is InChI=1S/C32H23NO/c34-30-22-29-31(33(30)25-16-8-3-9-17-25)21-20-28(26-18-10-11-19-27(26)31)32(29,23-12-4-1-5-13-23)24-14-6-2-7-15-24/h1-22,28H. The van der Waals surface area contributed by atoms with E-state index < -0.39 is 11.0 Å². The number of allylic oxidation sites excluding steroid dienone is 1. The fraction of sp³-hybridized carbons (Fsp3) is 0.0938. The van der Waals surface area contributed by atoms with Crippen LogP contribution < -0.4 is 4.90 Å². The molecule has 2 heteroatoms. The first-order valence-corrected chi connectivity index (χ1v) is 11.8. The van der Waals surface area contributed by atoms with Crippen molar-refractivity contribution in [1.82, 2.24) is 0 Å². The summed E-state index contributed by atoms with van der Waals surface area (Å²) in [4.78, 5) is 15.9. The molecule has 4 aromatic carbocycles. The van der Waals surface area contributed by atoms with Gasteiger partial charge >= 0.3 is 0 Å². The van der Waals surface area contributed by atoms with Crippen molar-refractivity contribution in [2.24, 2.45) is 0 Å². The van der Waals surface area contributed by atoms with E-state index in [9.17, 15) is 4.79 Å². The molecule has 2 atom stereocenters. The number of amides is 1. The first kappa shape index (κ1) is 19.3. The van der Waals surface area contributed by atoms with Gasteiger partial charge in [0.05, 0.1) is 5.41 Å². The van der Waals surface area contributed by atoms with Crippen LogP contribution in [0.15, 0.2) is 139 Å². The predicted molar refractivity (Wildman–Crippen MR) is 136 cm³/mol. The molecule has 2 bridgehead atoms. The van der Waals surface area contributed by atoms with Crippen molar-refractivity contribution in [1.29, 1.82) is 0 Å². The van der Waals surface area contributed by atoms with Gasteiger partial charge in [0.25, 0.3) is 5.91 Å². The maximum atomic E-state index is 13.9. The van der Waals surface area contributed by atoms with E-state index in [4.69, 9.17) is 0 Å². The van der Waals surface area contributed by atoms with Crippen molar-refractivity contribution >= 4 is 11.6 Å².